The van der Waals surface area contributed by atoms with Crippen molar-refractivity contribution in [2.75, 3.05) is 6.67 Å². The molecule has 0 aromatic heterocycles. The Labute approximate surface area is 151 Å². The maximum Gasteiger partial charge on any atom is 0.123 e. The summed E-state index contributed by atoms with van der Waals surface area (Å²) >= 11 is 0. The van der Waals surface area contributed by atoms with E-state index in [0.29, 0.717) is 12.3 Å². The van der Waals surface area contributed by atoms with E-state index in [4.69, 9.17) is 0 Å². The zero-order valence-electron chi connectivity index (χ0n) is 15.3. The average molecular weight is 347 g/mol. The molecule has 0 spiro atoms. The zero-order chi connectivity index (χ0) is 17.5. The third-order valence-electron chi connectivity index (χ3n) is 6.51. The van der Waals surface area contributed by atoms with Crippen molar-refractivity contribution < 1.29 is 8.78 Å². The number of hydrogen-bond donors (Lipinski definition) is 0. The predicted octanol–water partition coefficient (Wildman–Crippen LogP) is 7.21. The molecule has 0 aliphatic heterocycles. The summed E-state index contributed by atoms with van der Waals surface area (Å²) in [4.78, 5) is 0. The molecule has 0 saturated heterocycles. The van der Waals surface area contributed by atoms with Gasteiger partial charge in [0.15, 0.2) is 0 Å². The lowest BCUT2D eigenvalue weighted by Gasteiger charge is -2.37. The van der Waals surface area contributed by atoms with E-state index in [2.05, 4.69) is 12.2 Å². The van der Waals surface area contributed by atoms with E-state index in [1.165, 1.54) is 56.9 Å². The maximum absolute atomic E-state index is 13.1. The van der Waals surface area contributed by atoms with Crippen LogP contribution in [-0.2, 0) is 0 Å². The first-order chi connectivity index (χ1) is 12.3. The highest BCUT2D eigenvalue weighted by Gasteiger charge is 2.30. The molecule has 2 aliphatic carbocycles. The van der Waals surface area contributed by atoms with Crippen LogP contribution in [0.2, 0.25) is 0 Å². The first-order valence-corrected chi connectivity index (χ1v) is 10.2. The fourth-order valence-electron chi connectivity index (χ4n) is 4.95. The second-order valence-corrected chi connectivity index (χ2v) is 8.10. The van der Waals surface area contributed by atoms with Crippen LogP contribution in [0.25, 0.3) is 0 Å². The molecule has 2 aliphatic rings. The van der Waals surface area contributed by atoms with Crippen LogP contribution in [0.1, 0.15) is 75.7 Å². The van der Waals surface area contributed by atoms with Gasteiger partial charge in [0.2, 0.25) is 0 Å². The molecular weight excluding hydrogens is 314 g/mol. The molecule has 0 unspecified atom stereocenters. The van der Waals surface area contributed by atoms with Crippen LogP contribution in [0, 0.1) is 23.6 Å². The summed E-state index contributed by atoms with van der Waals surface area (Å²) in [7, 11) is 0. The molecule has 0 N–H and O–H groups in total. The molecule has 0 radical (unpaired) electrons. The molecule has 3 rings (SSSR count). The van der Waals surface area contributed by atoms with Gasteiger partial charge in [0.1, 0.15) is 5.82 Å². The molecule has 1 aromatic rings. The van der Waals surface area contributed by atoms with E-state index in [-0.39, 0.29) is 12.5 Å². The first kappa shape index (κ1) is 18.6. The van der Waals surface area contributed by atoms with Crippen molar-refractivity contribution in [3.63, 3.8) is 0 Å². The number of rotatable bonds is 6. The van der Waals surface area contributed by atoms with Gasteiger partial charge in [-0.25, -0.2) is 4.39 Å². The molecule has 2 fully saturated rings. The van der Waals surface area contributed by atoms with Gasteiger partial charge in [-0.1, -0.05) is 24.3 Å². The Morgan fingerprint density at radius 3 is 2.04 bits per heavy atom. The Hall–Kier alpha value is -1.18. The third kappa shape index (κ3) is 5.39. The fraction of sp³-hybridized carbons (Fsp3) is 0.652. The smallest absolute Gasteiger partial charge is 0.123 e. The average Bonchev–Trinajstić information content (AvgIpc) is 2.67. The summed E-state index contributed by atoms with van der Waals surface area (Å²) in [6.45, 7) is -0.197. The van der Waals surface area contributed by atoms with Gasteiger partial charge in [0.05, 0.1) is 6.67 Å². The van der Waals surface area contributed by atoms with Crippen LogP contribution in [0.15, 0.2) is 36.4 Å². The number of halogens is 2. The van der Waals surface area contributed by atoms with Crippen LogP contribution >= 0.6 is 0 Å². The van der Waals surface area contributed by atoms with Crippen LogP contribution in [-0.4, -0.2) is 6.67 Å². The lowest BCUT2D eigenvalue weighted by molar-refractivity contribution is 0.171. The molecule has 1 aromatic carbocycles. The number of unbranched alkanes of at least 4 members (excludes halogenated alkanes) is 1. The summed E-state index contributed by atoms with van der Waals surface area (Å²) in [5, 5.41) is 0. The van der Waals surface area contributed by atoms with Crippen LogP contribution in [0.4, 0.5) is 8.78 Å². The van der Waals surface area contributed by atoms with Gasteiger partial charge in [-0.3, -0.25) is 4.39 Å². The maximum atomic E-state index is 13.1. The number of allylic oxidation sites excluding steroid dienone is 2. The molecule has 2 saturated carbocycles. The lowest BCUT2D eigenvalue weighted by Crippen LogP contribution is -2.25. The van der Waals surface area contributed by atoms with Gasteiger partial charge >= 0.3 is 0 Å². The summed E-state index contributed by atoms with van der Waals surface area (Å²) in [6.07, 6.45) is 16.7. The van der Waals surface area contributed by atoms with Gasteiger partial charge in [-0.15, -0.1) is 0 Å². The second-order valence-electron chi connectivity index (χ2n) is 8.10. The zero-order valence-corrected chi connectivity index (χ0v) is 15.3. The van der Waals surface area contributed by atoms with Gasteiger partial charge in [-0.2, -0.15) is 0 Å². The molecule has 0 heterocycles. The van der Waals surface area contributed by atoms with E-state index in [0.717, 1.165) is 24.2 Å². The van der Waals surface area contributed by atoms with Crippen molar-refractivity contribution in [3.8, 4) is 0 Å². The molecule has 25 heavy (non-hydrogen) atoms. The van der Waals surface area contributed by atoms with Crippen LogP contribution in [0.3, 0.4) is 0 Å². The Balaban J connectivity index is 1.40. The minimum Gasteiger partial charge on any atom is -0.251 e. The van der Waals surface area contributed by atoms with Gasteiger partial charge in [0.25, 0.3) is 0 Å². The van der Waals surface area contributed by atoms with Gasteiger partial charge in [-0.05, 0) is 106 Å². The normalized spacial score (nSPS) is 30.6. The van der Waals surface area contributed by atoms with E-state index >= 15 is 0 Å². The summed E-state index contributed by atoms with van der Waals surface area (Å²) < 4.78 is 25.2. The second kappa shape index (κ2) is 9.50. The molecule has 2 heteroatoms. The topological polar surface area (TPSA) is 0 Å². The van der Waals surface area contributed by atoms with E-state index < -0.39 is 0 Å². The number of alkyl halides is 1. The van der Waals surface area contributed by atoms with Crippen LogP contribution < -0.4 is 0 Å². The Bertz CT molecular complexity index is 518. The number of benzene rings is 1. The first-order valence-electron chi connectivity index (χ1n) is 10.2. The lowest BCUT2D eigenvalue weighted by atomic mass is 9.68. The van der Waals surface area contributed by atoms with Crippen LogP contribution in [0.5, 0.6) is 0 Å². The van der Waals surface area contributed by atoms with Gasteiger partial charge < -0.3 is 0 Å². The summed E-state index contributed by atoms with van der Waals surface area (Å²) in [5.74, 6) is 3.03. The SMILES string of the molecule is FCCCC=CC1CCC(C2CCC(c3ccc(F)cc3)CC2)CC1. The van der Waals surface area contributed by atoms with Crippen molar-refractivity contribution in [3.05, 3.63) is 47.8 Å². The quantitative estimate of drug-likeness (QED) is 0.377. The van der Waals surface area contributed by atoms with E-state index in [1.54, 1.807) is 12.1 Å². The Morgan fingerprint density at radius 1 is 0.840 bits per heavy atom. The van der Waals surface area contributed by atoms with E-state index in [9.17, 15) is 8.78 Å². The summed E-state index contributed by atoms with van der Waals surface area (Å²) in [5.41, 5.74) is 1.32. The monoisotopic (exact) mass is 346 g/mol. The minimum absolute atomic E-state index is 0.132. The highest BCUT2D eigenvalue weighted by molar-refractivity contribution is 5.21. The van der Waals surface area contributed by atoms with Crippen molar-refractivity contribution in [2.45, 2.75) is 70.1 Å². The number of hydrogen-bond acceptors (Lipinski definition) is 0. The van der Waals surface area contributed by atoms with E-state index in [1.807, 2.05) is 12.1 Å². The highest BCUT2D eigenvalue weighted by atomic mass is 19.1. The molecule has 0 atom stereocenters. The van der Waals surface area contributed by atoms with Crippen molar-refractivity contribution in [1.82, 2.24) is 0 Å². The molecule has 138 valence electrons. The van der Waals surface area contributed by atoms with Gasteiger partial charge in [0, 0.05) is 0 Å². The van der Waals surface area contributed by atoms with Crippen molar-refractivity contribution in [2.24, 2.45) is 17.8 Å². The molecule has 0 bridgehead atoms. The van der Waals surface area contributed by atoms with Crippen molar-refractivity contribution >= 4 is 0 Å². The third-order valence-corrected chi connectivity index (χ3v) is 6.51. The highest BCUT2D eigenvalue weighted by Crippen LogP contribution is 2.44. The molecule has 0 nitrogen and oxygen atoms in total. The summed E-state index contributed by atoms with van der Waals surface area (Å²) in [6, 6.07) is 7.15. The Kier molecular flexibility index (Phi) is 7.07. The predicted molar refractivity (Wildman–Crippen MR) is 101 cm³/mol. The van der Waals surface area contributed by atoms with Crippen molar-refractivity contribution in [1.29, 1.82) is 0 Å². The molecule has 0 amide bonds. The molecular formula is C23H32F2. The Morgan fingerprint density at radius 2 is 1.44 bits per heavy atom. The largest absolute Gasteiger partial charge is 0.251 e. The fourth-order valence-corrected chi connectivity index (χ4v) is 4.95. The minimum atomic E-state index is -0.197. The standard InChI is InChI=1S/C23H32F2/c24-17-3-1-2-4-18-5-7-19(8-6-18)20-9-11-21(12-10-20)22-13-15-23(25)16-14-22/h2,4,13-16,18-21H,1,3,5-12,17H2.